The molecule has 5 heteroatoms. The standard InChI is InChI=1S/C16H19NO3S/c1-11-9-13(5-4-12(11)6-7-15(18)19)16(20)17-10-14-3-2-8-21-14/h4-7,9,14H,2-3,8,10H2,1H3,(H,17,20)(H,18,19)/b7-6+. The summed E-state index contributed by atoms with van der Waals surface area (Å²) in [7, 11) is 0. The Bertz CT molecular complexity index is 563. The largest absolute Gasteiger partial charge is 0.478 e. The second-order valence-corrected chi connectivity index (χ2v) is 6.50. The van der Waals surface area contributed by atoms with Crippen LogP contribution >= 0.6 is 11.8 Å². The highest BCUT2D eigenvalue weighted by Gasteiger charge is 2.16. The predicted octanol–water partition coefficient (Wildman–Crippen LogP) is 2.72. The van der Waals surface area contributed by atoms with Crippen molar-refractivity contribution in [1.82, 2.24) is 5.32 Å². The van der Waals surface area contributed by atoms with Crippen molar-refractivity contribution in [3.63, 3.8) is 0 Å². The third kappa shape index (κ3) is 4.63. The molecule has 0 spiro atoms. The number of carbonyl (C=O) groups is 2. The van der Waals surface area contributed by atoms with Crippen LogP contribution in [0.2, 0.25) is 0 Å². The Labute approximate surface area is 128 Å². The zero-order chi connectivity index (χ0) is 15.2. The van der Waals surface area contributed by atoms with Gasteiger partial charge in [0.2, 0.25) is 0 Å². The van der Waals surface area contributed by atoms with Gasteiger partial charge in [-0.3, -0.25) is 4.79 Å². The van der Waals surface area contributed by atoms with Gasteiger partial charge in [0.05, 0.1) is 0 Å². The second-order valence-electron chi connectivity index (χ2n) is 5.09. The van der Waals surface area contributed by atoms with Gasteiger partial charge in [0.1, 0.15) is 0 Å². The van der Waals surface area contributed by atoms with Crippen LogP contribution in [0.5, 0.6) is 0 Å². The summed E-state index contributed by atoms with van der Waals surface area (Å²) in [6.45, 7) is 2.58. The Kier molecular flexibility index (Phi) is 5.44. The second kappa shape index (κ2) is 7.31. The molecule has 1 heterocycles. The summed E-state index contributed by atoms with van der Waals surface area (Å²) in [4.78, 5) is 22.6. The molecule has 1 amide bonds. The Balaban J connectivity index is 1.98. The summed E-state index contributed by atoms with van der Waals surface area (Å²) >= 11 is 1.91. The van der Waals surface area contributed by atoms with E-state index < -0.39 is 5.97 Å². The smallest absolute Gasteiger partial charge is 0.328 e. The molecule has 1 aromatic rings. The minimum atomic E-state index is -0.981. The Morgan fingerprint density at radius 2 is 2.29 bits per heavy atom. The van der Waals surface area contributed by atoms with Crippen LogP contribution in [0.25, 0.3) is 6.08 Å². The topological polar surface area (TPSA) is 66.4 Å². The van der Waals surface area contributed by atoms with E-state index in [0.29, 0.717) is 17.4 Å². The van der Waals surface area contributed by atoms with Crippen molar-refractivity contribution in [3.8, 4) is 0 Å². The number of carbonyl (C=O) groups excluding carboxylic acids is 1. The number of amides is 1. The van der Waals surface area contributed by atoms with Gasteiger partial charge in [-0.25, -0.2) is 4.79 Å². The van der Waals surface area contributed by atoms with Gasteiger partial charge in [-0.1, -0.05) is 6.07 Å². The summed E-state index contributed by atoms with van der Waals surface area (Å²) in [5, 5.41) is 12.1. The molecule has 2 N–H and O–H groups in total. The fourth-order valence-electron chi connectivity index (χ4n) is 2.28. The van der Waals surface area contributed by atoms with Crippen molar-refractivity contribution in [2.75, 3.05) is 12.3 Å². The zero-order valence-electron chi connectivity index (χ0n) is 12.0. The fraction of sp³-hybridized carbons (Fsp3) is 0.375. The van der Waals surface area contributed by atoms with Gasteiger partial charge >= 0.3 is 5.97 Å². The minimum absolute atomic E-state index is 0.0700. The molecule has 112 valence electrons. The molecule has 1 saturated heterocycles. The number of hydrogen-bond donors (Lipinski definition) is 2. The van der Waals surface area contributed by atoms with Gasteiger partial charge in [-0.05, 0) is 54.9 Å². The van der Waals surface area contributed by atoms with Gasteiger partial charge in [-0.15, -0.1) is 0 Å². The SMILES string of the molecule is Cc1cc(C(=O)NCC2CCCS2)ccc1/C=C/C(=O)O. The first kappa shape index (κ1) is 15.6. The Hall–Kier alpha value is -1.75. The van der Waals surface area contributed by atoms with Crippen molar-refractivity contribution in [2.45, 2.75) is 25.0 Å². The van der Waals surface area contributed by atoms with Crippen molar-refractivity contribution >= 4 is 29.7 Å². The average Bonchev–Trinajstić information content (AvgIpc) is 2.96. The van der Waals surface area contributed by atoms with Crippen LogP contribution in [0.1, 0.15) is 34.3 Å². The summed E-state index contributed by atoms with van der Waals surface area (Å²) in [6, 6.07) is 5.29. The number of carboxylic acids is 1. The van der Waals surface area contributed by atoms with Crippen LogP contribution in [-0.2, 0) is 4.79 Å². The van der Waals surface area contributed by atoms with Gasteiger partial charge in [0, 0.05) is 23.4 Å². The van der Waals surface area contributed by atoms with Gasteiger partial charge < -0.3 is 10.4 Å². The number of hydrogen-bond acceptors (Lipinski definition) is 3. The normalized spacial score (nSPS) is 18.0. The van der Waals surface area contributed by atoms with E-state index in [1.165, 1.54) is 24.7 Å². The van der Waals surface area contributed by atoms with Crippen LogP contribution in [0.4, 0.5) is 0 Å². The highest BCUT2D eigenvalue weighted by molar-refractivity contribution is 8.00. The maximum atomic E-state index is 12.1. The van der Waals surface area contributed by atoms with Crippen LogP contribution < -0.4 is 5.32 Å². The molecule has 1 fully saturated rings. The number of nitrogens with one attached hydrogen (secondary N) is 1. The van der Waals surface area contributed by atoms with Gasteiger partial charge in [-0.2, -0.15) is 11.8 Å². The molecule has 0 saturated carbocycles. The summed E-state index contributed by atoms with van der Waals surface area (Å²) in [6.07, 6.45) is 5.03. The fourth-order valence-corrected chi connectivity index (χ4v) is 3.48. The lowest BCUT2D eigenvalue weighted by atomic mass is 10.0. The molecule has 0 aliphatic carbocycles. The summed E-state index contributed by atoms with van der Waals surface area (Å²) in [5.41, 5.74) is 2.30. The Morgan fingerprint density at radius 1 is 1.48 bits per heavy atom. The molecule has 1 aromatic carbocycles. The van der Waals surface area contributed by atoms with E-state index in [-0.39, 0.29) is 5.91 Å². The monoisotopic (exact) mass is 305 g/mol. The third-order valence-corrected chi connectivity index (χ3v) is 4.85. The van der Waals surface area contributed by atoms with Crippen LogP contribution in [0, 0.1) is 6.92 Å². The number of rotatable bonds is 5. The molecular weight excluding hydrogens is 286 g/mol. The molecule has 0 aromatic heterocycles. The first-order chi connectivity index (χ1) is 10.1. The average molecular weight is 305 g/mol. The van der Waals surface area contributed by atoms with Crippen molar-refractivity contribution in [1.29, 1.82) is 0 Å². The van der Waals surface area contributed by atoms with E-state index in [1.807, 2.05) is 18.7 Å². The minimum Gasteiger partial charge on any atom is -0.478 e. The highest BCUT2D eigenvalue weighted by atomic mass is 32.2. The third-order valence-electron chi connectivity index (χ3n) is 3.45. The number of thioether (sulfide) groups is 1. The molecule has 0 bridgehead atoms. The first-order valence-corrected chi connectivity index (χ1v) is 8.02. The molecular formula is C16H19NO3S. The molecule has 1 aliphatic rings. The van der Waals surface area contributed by atoms with E-state index >= 15 is 0 Å². The number of aliphatic carboxylic acids is 1. The number of aryl methyl sites for hydroxylation is 1. The zero-order valence-corrected chi connectivity index (χ0v) is 12.8. The number of benzene rings is 1. The molecule has 1 unspecified atom stereocenters. The number of carboxylic acid groups (broad SMARTS) is 1. The van der Waals surface area contributed by atoms with Crippen molar-refractivity contribution < 1.29 is 14.7 Å². The van der Waals surface area contributed by atoms with Crippen molar-refractivity contribution in [3.05, 3.63) is 41.0 Å². The summed E-state index contributed by atoms with van der Waals surface area (Å²) < 4.78 is 0. The lowest BCUT2D eigenvalue weighted by molar-refractivity contribution is -0.131. The molecule has 0 radical (unpaired) electrons. The quantitative estimate of drug-likeness (QED) is 0.821. The van der Waals surface area contributed by atoms with E-state index in [1.54, 1.807) is 18.2 Å². The molecule has 1 atom stereocenters. The molecule has 1 aliphatic heterocycles. The summed E-state index contributed by atoms with van der Waals surface area (Å²) in [5.74, 6) is 0.134. The first-order valence-electron chi connectivity index (χ1n) is 6.97. The van der Waals surface area contributed by atoms with E-state index in [4.69, 9.17) is 5.11 Å². The Morgan fingerprint density at radius 3 is 2.90 bits per heavy atom. The lowest BCUT2D eigenvalue weighted by Gasteiger charge is -2.11. The van der Waals surface area contributed by atoms with Gasteiger partial charge in [0.25, 0.3) is 5.91 Å². The lowest BCUT2D eigenvalue weighted by Crippen LogP contribution is -2.29. The maximum Gasteiger partial charge on any atom is 0.328 e. The van der Waals surface area contributed by atoms with E-state index in [0.717, 1.165) is 17.2 Å². The van der Waals surface area contributed by atoms with E-state index in [9.17, 15) is 9.59 Å². The molecule has 2 rings (SSSR count). The van der Waals surface area contributed by atoms with Crippen molar-refractivity contribution in [2.24, 2.45) is 0 Å². The van der Waals surface area contributed by atoms with Gasteiger partial charge in [0.15, 0.2) is 0 Å². The highest BCUT2D eigenvalue weighted by Crippen LogP contribution is 2.25. The van der Waals surface area contributed by atoms with E-state index in [2.05, 4.69) is 5.32 Å². The molecule has 21 heavy (non-hydrogen) atoms. The van der Waals surface area contributed by atoms with Crippen LogP contribution in [-0.4, -0.2) is 34.5 Å². The van der Waals surface area contributed by atoms with Crippen LogP contribution in [0.15, 0.2) is 24.3 Å². The molecule has 4 nitrogen and oxygen atoms in total. The maximum absolute atomic E-state index is 12.1. The predicted molar refractivity (Wildman–Crippen MR) is 85.7 cm³/mol. The van der Waals surface area contributed by atoms with Crippen LogP contribution in [0.3, 0.4) is 0 Å².